The predicted molar refractivity (Wildman–Crippen MR) is 63.3 cm³/mol. The van der Waals surface area contributed by atoms with Crippen LogP contribution in [-0.4, -0.2) is 9.78 Å². The van der Waals surface area contributed by atoms with Crippen molar-refractivity contribution in [3.8, 4) is 5.75 Å². The molecule has 0 radical (unpaired) electrons. The highest BCUT2D eigenvalue weighted by molar-refractivity contribution is 5.17. The third kappa shape index (κ3) is 3.06. The molecule has 0 bridgehead atoms. The molecule has 1 heterocycles. The molecular weight excluding hydrogens is 219 g/mol. The number of benzene rings is 1. The first-order valence-corrected chi connectivity index (χ1v) is 5.56. The van der Waals surface area contributed by atoms with Gasteiger partial charge in [-0.25, -0.2) is 4.39 Å². The van der Waals surface area contributed by atoms with Crippen molar-refractivity contribution < 1.29 is 9.13 Å². The lowest BCUT2D eigenvalue weighted by Crippen LogP contribution is -2.00. The summed E-state index contributed by atoms with van der Waals surface area (Å²) >= 11 is 0. The van der Waals surface area contributed by atoms with E-state index in [0.717, 1.165) is 11.3 Å². The van der Waals surface area contributed by atoms with Crippen molar-refractivity contribution in [2.24, 2.45) is 0 Å². The number of nitrogens with zero attached hydrogens (tertiary/aromatic N) is 2. The maximum Gasteiger partial charge on any atom is 0.157 e. The van der Waals surface area contributed by atoms with Gasteiger partial charge in [0, 0.05) is 6.04 Å². The molecular formula is C13H15FN2O. The lowest BCUT2D eigenvalue weighted by molar-refractivity contribution is 0.305. The zero-order valence-corrected chi connectivity index (χ0v) is 9.93. The van der Waals surface area contributed by atoms with E-state index in [1.54, 1.807) is 18.3 Å². The molecule has 90 valence electrons. The minimum Gasteiger partial charge on any atom is -0.486 e. The summed E-state index contributed by atoms with van der Waals surface area (Å²) in [7, 11) is 0. The van der Waals surface area contributed by atoms with Gasteiger partial charge in [0.1, 0.15) is 12.4 Å². The Kier molecular flexibility index (Phi) is 3.42. The Labute approximate surface area is 99.8 Å². The van der Waals surface area contributed by atoms with E-state index in [1.165, 1.54) is 12.1 Å². The van der Waals surface area contributed by atoms with Crippen LogP contribution in [0.3, 0.4) is 0 Å². The summed E-state index contributed by atoms with van der Waals surface area (Å²) in [6, 6.07) is 6.59. The van der Waals surface area contributed by atoms with Crippen LogP contribution in [0.25, 0.3) is 0 Å². The van der Waals surface area contributed by atoms with Gasteiger partial charge in [0.15, 0.2) is 5.75 Å². The molecule has 0 atom stereocenters. The molecule has 0 unspecified atom stereocenters. The van der Waals surface area contributed by atoms with Gasteiger partial charge in [0.25, 0.3) is 0 Å². The minimum atomic E-state index is -0.235. The van der Waals surface area contributed by atoms with Crippen LogP contribution < -0.4 is 4.74 Å². The summed E-state index contributed by atoms with van der Waals surface area (Å²) < 4.78 is 20.1. The number of hydrogen-bond acceptors (Lipinski definition) is 2. The van der Waals surface area contributed by atoms with Gasteiger partial charge in [-0.2, -0.15) is 5.10 Å². The summed E-state index contributed by atoms with van der Waals surface area (Å²) in [6.07, 6.45) is 3.54. The maximum absolute atomic E-state index is 12.7. The van der Waals surface area contributed by atoms with Crippen LogP contribution in [0.5, 0.6) is 5.75 Å². The van der Waals surface area contributed by atoms with Gasteiger partial charge < -0.3 is 4.74 Å². The molecule has 0 N–H and O–H groups in total. The van der Waals surface area contributed by atoms with Crippen molar-refractivity contribution >= 4 is 0 Å². The SMILES string of the molecule is CC(C)n1cc(OCc2ccc(F)cc2)cn1. The van der Waals surface area contributed by atoms with Gasteiger partial charge in [-0.15, -0.1) is 0 Å². The zero-order valence-electron chi connectivity index (χ0n) is 9.93. The zero-order chi connectivity index (χ0) is 12.3. The average molecular weight is 234 g/mol. The smallest absolute Gasteiger partial charge is 0.157 e. The third-order valence-electron chi connectivity index (χ3n) is 2.43. The maximum atomic E-state index is 12.7. The summed E-state index contributed by atoms with van der Waals surface area (Å²) in [6.45, 7) is 4.53. The van der Waals surface area contributed by atoms with Crippen LogP contribution in [0, 0.1) is 5.82 Å². The van der Waals surface area contributed by atoms with Gasteiger partial charge >= 0.3 is 0 Å². The van der Waals surface area contributed by atoms with E-state index in [4.69, 9.17) is 4.74 Å². The molecule has 0 saturated carbocycles. The Morgan fingerprint density at radius 2 is 2.00 bits per heavy atom. The second-order valence-electron chi connectivity index (χ2n) is 4.16. The summed E-state index contributed by atoms with van der Waals surface area (Å²) in [5.41, 5.74) is 0.934. The second kappa shape index (κ2) is 4.99. The molecule has 0 spiro atoms. The first kappa shape index (κ1) is 11.6. The molecule has 0 aliphatic carbocycles. The molecule has 3 nitrogen and oxygen atoms in total. The highest BCUT2D eigenvalue weighted by Gasteiger charge is 2.02. The first-order chi connectivity index (χ1) is 8.15. The standard InChI is InChI=1S/C13H15FN2O/c1-10(2)16-8-13(7-15-16)17-9-11-3-5-12(14)6-4-11/h3-8,10H,9H2,1-2H3. The topological polar surface area (TPSA) is 27.1 Å². The minimum absolute atomic E-state index is 0.235. The van der Waals surface area contributed by atoms with Gasteiger partial charge in [-0.05, 0) is 31.5 Å². The van der Waals surface area contributed by atoms with Gasteiger partial charge in [-0.3, -0.25) is 4.68 Å². The molecule has 0 amide bonds. The Hall–Kier alpha value is -1.84. The monoisotopic (exact) mass is 234 g/mol. The van der Waals surface area contributed by atoms with Crippen molar-refractivity contribution in [2.45, 2.75) is 26.5 Å². The van der Waals surface area contributed by atoms with Crippen molar-refractivity contribution in [1.29, 1.82) is 0 Å². The van der Waals surface area contributed by atoms with E-state index < -0.39 is 0 Å². The number of rotatable bonds is 4. The van der Waals surface area contributed by atoms with E-state index >= 15 is 0 Å². The lowest BCUT2D eigenvalue weighted by Gasteiger charge is -2.04. The Bertz CT molecular complexity index is 476. The molecule has 2 aromatic rings. The van der Waals surface area contributed by atoms with Crippen LogP contribution >= 0.6 is 0 Å². The Morgan fingerprint density at radius 1 is 1.29 bits per heavy atom. The number of ether oxygens (including phenoxy) is 1. The summed E-state index contributed by atoms with van der Waals surface area (Å²) in [5.74, 6) is 0.490. The number of halogens is 1. The molecule has 17 heavy (non-hydrogen) atoms. The average Bonchev–Trinajstić information content (AvgIpc) is 2.77. The molecule has 4 heteroatoms. The van der Waals surface area contributed by atoms with Crippen LogP contribution in [0.1, 0.15) is 25.5 Å². The highest BCUT2D eigenvalue weighted by atomic mass is 19.1. The largest absolute Gasteiger partial charge is 0.486 e. The molecule has 2 rings (SSSR count). The second-order valence-corrected chi connectivity index (χ2v) is 4.16. The van der Waals surface area contributed by atoms with E-state index in [1.807, 2.05) is 10.9 Å². The molecule has 0 saturated heterocycles. The van der Waals surface area contributed by atoms with Crippen molar-refractivity contribution in [3.63, 3.8) is 0 Å². The fraction of sp³-hybridized carbons (Fsp3) is 0.308. The molecule has 0 fully saturated rings. The lowest BCUT2D eigenvalue weighted by atomic mass is 10.2. The summed E-state index contributed by atoms with van der Waals surface area (Å²) in [5, 5.41) is 4.17. The van der Waals surface area contributed by atoms with Crippen molar-refractivity contribution in [1.82, 2.24) is 9.78 Å². The first-order valence-electron chi connectivity index (χ1n) is 5.56. The van der Waals surface area contributed by atoms with Crippen LogP contribution in [0.15, 0.2) is 36.7 Å². The van der Waals surface area contributed by atoms with E-state index in [9.17, 15) is 4.39 Å². The quantitative estimate of drug-likeness (QED) is 0.812. The van der Waals surface area contributed by atoms with Crippen LogP contribution in [-0.2, 0) is 6.61 Å². The van der Waals surface area contributed by atoms with E-state index in [-0.39, 0.29) is 5.82 Å². The molecule has 0 aliphatic rings. The van der Waals surface area contributed by atoms with Crippen LogP contribution in [0.4, 0.5) is 4.39 Å². The fourth-order valence-corrected chi connectivity index (χ4v) is 1.42. The van der Waals surface area contributed by atoms with Gasteiger partial charge in [0.2, 0.25) is 0 Å². The molecule has 0 aliphatic heterocycles. The molecule has 1 aromatic carbocycles. The van der Waals surface area contributed by atoms with E-state index in [2.05, 4.69) is 18.9 Å². The van der Waals surface area contributed by atoms with Crippen molar-refractivity contribution in [2.75, 3.05) is 0 Å². The van der Waals surface area contributed by atoms with E-state index in [0.29, 0.717) is 12.6 Å². The number of hydrogen-bond donors (Lipinski definition) is 0. The Balaban J connectivity index is 1.95. The third-order valence-corrected chi connectivity index (χ3v) is 2.43. The van der Waals surface area contributed by atoms with Crippen LogP contribution in [0.2, 0.25) is 0 Å². The summed E-state index contributed by atoms with van der Waals surface area (Å²) in [4.78, 5) is 0. The van der Waals surface area contributed by atoms with Crippen molar-refractivity contribution in [3.05, 3.63) is 48.0 Å². The van der Waals surface area contributed by atoms with Gasteiger partial charge in [-0.1, -0.05) is 12.1 Å². The highest BCUT2D eigenvalue weighted by Crippen LogP contribution is 2.14. The number of aromatic nitrogens is 2. The molecule has 1 aromatic heterocycles. The normalized spacial score (nSPS) is 10.8. The Morgan fingerprint density at radius 3 is 2.59 bits per heavy atom. The predicted octanol–water partition coefficient (Wildman–Crippen LogP) is 3.18. The fourth-order valence-electron chi connectivity index (χ4n) is 1.42. The van der Waals surface area contributed by atoms with Gasteiger partial charge in [0.05, 0.1) is 12.4 Å².